The Morgan fingerprint density at radius 3 is 1.18 bits per heavy atom. The lowest BCUT2D eigenvalue weighted by Gasteiger charge is -2.39. The Morgan fingerprint density at radius 2 is 0.855 bits per heavy atom. The van der Waals surface area contributed by atoms with E-state index in [9.17, 15) is 18.8 Å². The molecule has 1 rings (SSSR count). The van der Waals surface area contributed by atoms with E-state index < -0.39 is 12.2 Å². The zero-order valence-corrected chi connectivity index (χ0v) is 36.0. The van der Waals surface area contributed by atoms with Gasteiger partial charge >= 0.3 is 18.0 Å². The molecule has 0 aromatic carbocycles. The van der Waals surface area contributed by atoms with Gasteiger partial charge in [-0.15, -0.1) is 0 Å². The first-order valence-electron chi connectivity index (χ1n) is 23.5. The number of alkyl carbamates (subject to hydrolysis) is 1. The van der Waals surface area contributed by atoms with Crippen molar-refractivity contribution in [2.24, 2.45) is 0 Å². The van der Waals surface area contributed by atoms with Gasteiger partial charge in [0.15, 0.2) is 6.10 Å². The predicted molar refractivity (Wildman–Crippen MR) is 225 cm³/mol. The molecule has 0 atom stereocenters. The Hall–Kier alpha value is -1.90. The van der Waals surface area contributed by atoms with Crippen molar-refractivity contribution in [2.75, 3.05) is 39.5 Å². The molecule has 0 saturated carbocycles. The number of rotatable bonds is 41. The number of carbonyl (C=O) groups excluding carboxylic acids is 3. The normalized spacial score (nSPS) is 13.2. The molecule has 55 heavy (non-hydrogen) atoms. The zero-order valence-electron chi connectivity index (χ0n) is 36.0. The van der Waals surface area contributed by atoms with Gasteiger partial charge in [0.05, 0.1) is 12.7 Å². The van der Waals surface area contributed by atoms with Crippen LogP contribution in [0.2, 0.25) is 0 Å². The summed E-state index contributed by atoms with van der Waals surface area (Å²) >= 11 is 0. The van der Waals surface area contributed by atoms with E-state index in [1.807, 2.05) is 0 Å². The standard InChI is InChI=1S/C46H87FN2O6/c1-3-5-7-9-11-13-15-17-19-21-23-25-27-29-31-34-44(50)53-40-43(55-46(52)48-42-38-49(39-42)37-33-36-47)41-54-45(51)35-32-30-28-26-24-22-20-18-16-14-12-10-8-6-4-2/h42-43H,3-41H2,1-2H3,(H,48,52). The minimum Gasteiger partial charge on any atom is -0.462 e. The van der Waals surface area contributed by atoms with E-state index in [2.05, 4.69) is 24.1 Å². The van der Waals surface area contributed by atoms with Crippen LogP contribution in [0.3, 0.4) is 0 Å². The minimum absolute atomic E-state index is 0.0759. The number of hydrogen-bond acceptors (Lipinski definition) is 7. The number of ether oxygens (including phenoxy) is 3. The predicted octanol–water partition coefficient (Wildman–Crippen LogP) is 12.7. The monoisotopic (exact) mass is 783 g/mol. The van der Waals surface area contributed by atoms with Crippen molar-refractivity contribution in [3.05, 3.63) is 0 Å². The maximum atomic E-state index is 12.6. The summed E-state index contributed by atoms with van der Waals surface area (Å²) in [5.74, 6) is -0.648. The third kappa shape index (κ3) is 33.9. The zero-order chi connectivity index (χ0) is 39.9. The van der Waals surface area contributed by atoms with Crippen LogP contribution in [0, 0.1) is 0 Å². The number of amides is 1. The summed E-state index contributed by atoms with van der Waals surface area (Å²) in [4.78, 5) is 39.7. The molecule has 9 heteroatoms. The Kier molecular flexibility index (Phi) is 36.2. The summed E-state index contributed by atoms with van der Waals surface area (Å²) in [6, 6.07) is -0.0759. The fourth-order valence-corrected chi connectivity index (χ4v) is 7.39. The fourth-order valence-electron chi connectivity index (χ4n) is 7.39. The van der Waals surface area contributed by atoms with Gasteiger partial charge in [0.1, 0.15) is 13.2 Å². The number of likely N-dealkylation sites (tertiary alicyclic amines) is 1. The molecule has 0 bridgehead atoms. The molecule has 0 aromatic heterocycles. The summed E-state index contributed by atoms with van der Waals surface area (Å²) in [5, 5.41) is 2.82. The molecule has 324 valence electrons. The van der Waals surface area contributed by atoms with Crippen molar-refractivity contribution in [3.63, 3.8) is 0 Å². The molecule has 0 spiro atoms. The topological polar surface area (TPSA) is 94.2 Å². The van der Waals surface area contributed by atoms with Crippen LogP contribution in [0.25, 0.3) is 0 Å². The fraction of sp³-hybridized carbons (Fsp3) is 0.935. The Morgan fingerprint density at radius 1 is 0.527 bits per heavy atom. The van der Waals surface area contributed by atoms with E-state index in [4.69, 9.17) is 14.2 Å². The number of nitrogens with zero attached hydrogens (tertiary/aromatic N) is 1. The lowest BCUT2D eigenvalue weighted by molar-refractivity contribution is -0.152. The molecule has 0 aliphatic carbocycles. The summed E-state index contributed by atoms with van der Waals surface area (Å²) in [5.41, 5.74) is 0. The lowest BCUT2D eigenvalue weighted by atomic mass is 10.0. The van der Waals surface area contributed by atoms with Gasteiger partial charge in [-0.25, -0.2) is 4.79 Å². The summed E-state index contributed by atoms with van der Waals surface area (Å²) in [6.07, 6.45) is 37.6. The van der Waals surface area contributed by atoms with Crippen LogP contribution in [0.1, 0.15) is 226 Å². The molecular weight excluding hydrogens is 696 g/mol. The Balaban J connectivity index is 2.20. The molecule has 1 N–H and O–H groups in total. The van der Waals surface area contributed by atoms with Crippen LogP contribution in [0.4, 0.5) is 9.18 Å². The van der Waals surface area contributed by atoms with E-state index in [-0.39, 0.29) is 37.9 Å². The van der Waals surface area contributed by atoms with Gasteiger partial charge < -0.3 is 19.5 Å². The summed E-state index contributed by atoms with van der Waals surface area (Å²) in [7, 11) is 0. The average molecular weight is 783 g/mol. The van der Waals surface area contributed by atoms with Gasteiger partial charge in [0.2, 0.25) is 0 Å². The van der Waals surface area contributed by atoms with Gasteiger partial charge in [-0.3, -0.25) is 18.9 Å². The second-order valence-electron chi connectivity index (χ2n) is 16.4. The molecular formula is C46H87FN2O6. The van der Waals surface area contributed by atoms with Crippen LogP contribution in [0.5, 0.6) is 0 Å². The van der Waals surface area contributed by atoms with Crippen LogP contribution in [-0.2, 0) is 23.8 Å². The molecule has 1 aliphatic rings. The van der Waals surface area contributed by atoms with Crippen molar-refractivity contribution in [2.45, 2.75) is 238 Å². The molecule has 1 saturated heterocycles. The van der Waals surface area contributed by atoms with Crippen molar-refractivity contribution >= 4 is 18.0 Å². The Bertz CT molecular complexity index is 836. The third-order valence-electron chi connectivity index (χ3n) is 11.0. The quantitative estimate of drug-likeness (QED) is 0.0375. The summed E-state index contributed by atoms with van der Waals surface area (Å²) < 4.78 is 29.0. The molecule has 0 radical (unpaired) electrons. The highest BCUT2D eigenvalue weighted by molar-refractivity contribution is 5.70. The number of carbonyl (C=O) groups is 3. The second kappa shape index (κ2) is 38.9. The highest BCUT2D eigenvalue weighted by atomic mass is 19.1. The van der Waals surface area contributed by atoms with E-state index in [1.54, 1.807) is 0 Å². The Labute approximate surface area is 337 Å². The van der Waals surface area contributed by atoms with Gasteiger partial charge in [-0.1, -0.05) is 194 Å². The van der Waals surface area contributed by atoms with Crippen LogP contribution >= 0.6 is 0 Å². The van der Waals surface area contributed by atoms with E-state index in [0.29, 0.717) is 38.9 Å². The third-order valence-corrected chi connectivity index (χ3v) is 11.0. The highest BCUT2D eigenvalue weighted by Gasteiger charge is 2.29. The van der Waals surface area contributed by atoms with E-state index >= 15 is 0 Å². The molecule has 0 unspecified atom stereocenters. The molecule has 1 amide bonds. The number of esters is 2. The smallest absolute Gasteiger partial charge is 0.407 e. The van der Waals surface area contributed by atoms with Gasteiger partial charge in [0.25, 0.3) is 0 Å². The van der Waals surface area contributed by atoms with Crippen molar-refractivity contribution in [3.8, 4) is 0 Å². The number of nitrogens with one attached hydrogen (secondary N) is 1. The maximum absolute atomic E-state index is 12.6. The largest absolute Gasteiger partial charge is 0.462 e. The number of hydrogen-bond donors (Lipinski definition) is 1. The molecule has 1 heterocycles. The number of unbranched alkanes of at least 4 members (excludes halogenated alkanes) is 28. The SMILES string of the molecule is CCCCCCCCCCCCCCCCCC(=O)OCC(COC(=O)CCCCCCCCCCCCCCCCC)OC(=O)NC1CN(CCCF)C1. The maximum Gasteiger partial charge on any atom is 0.407 e. The first-order chi connectivity index (χ1) is 27.0. The molecule has 1 fully saturated rings. The van der Waals surface area contributed by atoms with Crippen LogP contribution in [-0.4, -0.2) is 74.6 Å². The minimum atomic E-state index is -0.877. The van der Waals surface area contributed by atoms with Gasteiger partial charge in [-0.2, -0.15) is 0 Å². The number of halogens is 1. The van der Waals surface area contributed by atoms with Crippen molar-refractivity contribution in [1.29, 1.82) is 0 Å². The van der Waals surface area contributed by atoms with Crippen LogP contribution < -0.4 is 5.32 Å². The van der Waals surface area contributed by atoms with Crippen molar-refractivity contribution < 1.29 is 33.0 Å². The van der Waals surface area contributed by atoms with Crippen LogP contribution in [0.15, 0.2) is 0 Å². The number of alkyl halides is 1. The van der Waals surface area contributed by atoms with Gasteiger partial charge in [0, 0.05) is 32.5 Å². The molecule has 1 aliphatic heterocycles. The molecule has 0 aromatic rings. The van der Waals surface area contributed by atoms with E-state index in [0.717, 1.165) is 38.5 Å². The average Bonchev–Trinajstić information content (AvgIpc) is 3.16. The lowest BCUT2D eigenvalue weighted by Crippen LogP contribution is -2.59. The first kappa shape index (κ1) is 51.1. The highest BCUT2D eigenvalue weighted by Crippen LogP contribution is 2.16. The van der Waals surface area contributed by atoms with E-state index in [1.165, 1.54) is 154 Å². The molecule has 8 nitrogen and oxygen atoms in total. The van der Waals surface area contributed by atoms with Crippen molar-refractivity contribution in [1.82, 2.24) is 10.2 Å². The second-order valence-corrected chi connectivity index (χ2v) is 16.4. The first-order valence-corrected chi connectivity index (χ1v) is 23.5. The summed E-state index contributed by atoms with van der Waals surface area (Å²) in [6.45, 7) is 5.83. The van der Waals surface area contributed by atoms with Gasteiger partial charge in [-0.05, 0) is 19.3 Å².